The van der Waals surface area contributed by atoms with E-state index >= 15 is 0 Å². The van der Waals surface area contributed by atoms with Crippen molar-refractivity contribution in [3.8, 4) is 0 Å². The topological polar surface area (TPSA) is 72.8 Å². The molecule has 0 spiro atoms. The van der Waals surface area contributed by atoms with Gasteiger partial charge in [0.05, 0.1) is 6.26 Å². The van der Waals surface area contributed by atoms with E-state index in [9.17, 15) is 9.59 Å². The molecular formula is C6H8O5. The number of rotatable bonds is 4. The first-order chi connectivity index (χ1) is 5.18. The molecular weight excluding hydrogens is 152 g/mol. The molecule has 0 saturated heterocycles. The lowest BCUT2D eigenvalue weighted by Gasteiger charge is -1.99. The average molecular weight is 160 g/mol. The van der Waals surface area contributed by atoms with Gasteiger partial charge in [-0.3, -0.25) is 0 Å². The number of carboxylic acid groups (broad SMARTS) is 1. The highest BCUT2D eigenvalue weighted by molar-refractivity contribution is 6.28. The summed E-state index contributed by atoms with van der Waals surface area (Å²) in [7, 11) is 0. The van der Waals surface area contributed by atoms with Crippen LogP contribution in [0.1, 0.15) is 0 Å². The number of aliphatic carboxylic acids is 1. The fourth-order valence-corrected chi connectivity index (χ4v) is 0.328. The molecule has 0 aliphatic carbocycles. The third kappa shape index (κ3) is 4.95. The van der Waals surface area contributed by atoms with Crippen molar-refractivity contribution >= 4 is 11.9 Å². The van der Waals surface area contributed by atoms with Crippen LogP contribution >= 0.6 is 0 Å². The molecule has 0 aliphatic heterocycles. The molecule has 62 valence electrons. The molecule has 0 aromatic carbocycles. The first kappa shape index (κ1) is 9.48. The third-order valence-corrected chi connectivity index (χ3v) is 0.727. The number of carbonyl (C=O) groups excluding carboxylic acids is 1. The molecule has 0 heterocycles. The van der Waals surface area contributed by atoms with Crippen molar-refractivity contribution in [3.63, 3.8) is 0 Å². The number of ether oxygens (including phenoxy) is 2. The van der Waals surface area contributed by atoms with Crippen LogP contribution in [0.3, 0.4) is 0 Å². The monoisotopic (exact) mass is 160 g/mol. The Balaban J connectivity index is 3.31. The normalized spacial score (nSPS) is 8.36. The minimum atomic E-state index is -1.61. The predicted octanol–water partition coefficient (Wildman–Crippen LogP) is -0.226. The van der Waals surface area contributed by atoms with E-state index in [1.54, 1.807) is 0 Å². The smallest absolute Gasteiger partial charge is 0.417 e. The fourth-order valence-electron chi connectivity index (χ4n) is 0.328. The molecule has 0 rings (SSSR count). The van der Waals surface area contributed by atoms with Crippen LogP contribution in [-0.2, 0) is 19.1 Å². The summed E-state index contributed by atoms with van der Waals surface area (Å²) in [6, 6.07) is 0. The first-order valence-electron chi connectivity index (χ1n) is 2.81. The maximum absolute atomic E-state index is 10.2. The summed E-state index contributed by atoms with van der Waals surface area (Å²) >= 11 is 0. The Morgan fingerprint density at radius 2 is 2.09 bits per heavy atom. The Morgan fingerprint density at radius 3 is 2.55 bits per heavy atom. The molecule has 5 heteroatoms. The highest BCUT2D eigenvalue weighted by Gasteiger charge is 2.11. The Hall–Kier alpha value is -1.52. The summed E-state index contributed by atoms with van der Waals surface area (Å²) in [4.78, 5) is 20.0. The van der Waals surface area contributed by atoms with Gasteiger partial charge in [-0.25, -0.2) is 9.59 Å². The van der Waals surface area contributed by atoms with Crippen molar-refractivity contribution < 1.29 is 24.2 Å². The summed E-state index contributed by atoms with van der Waals surface area (Å²) in [5, 5.41) is 8.00. The van der Waals surface area contributed by atoms with Crippen LogP contribution in [0.5, 0.6) is 0 Å². The molecule has 11 heavy (non-hydrogen) atoms. The average Bonchev–Trinajstić information content (AvgIpc) is 1.97. The van der Waals surface area contributed by atoms with Crippen LogP contribution in [0.25, 0.3) is 0 Å². The van der Waals surface area contributed by atoms with Crippen molar-refractivity contribution in [2.24, 2.45) is 0 Å². The van der Waals surface area contributed by atoms with Crippen molar-refractivity contribution in [2.75, 3.05) is 13.2 Å². The molecule has 5 nitrogen and oxygen atoms in total. The number of hydrogen-bond donors (Lipinski definition) is 1. The van der Waals surface area contributed by atoms with Crippen LogP contribution in [0.2, 0.25) is 0 Å². The maximum Gasteiger partial charge on any atom is 0.417 e. The Labute approximate surface area is 63.2 Å². The minimum Gasteiger partial charge on any atom is -0.498 e. The van der Waals surface area contributed by atoms with Crippen LogP contribution in [0.4, 0.5) is 0 Å². The molecule has 0 radical (unpaired) electrons. The highest BCUT2D eigenvalue weighted by Crippen LogP contribution is 1.80. The second-order valence-electron chi connectivity index (χ2n) is 1.48. The lowest BCUT2D eigenvalue weighted by molar-refractivity contribution is -0.164. The van der Waals surface area contributed by atoms with E-state index < -0.39 is 11.9 Å². The number of carbonyl (C=O) groups is 2. The predicted molar refractivity (Wildman–Crippen MR) is 34.7 cm³/mol. The van der Waals surface area contributed by atoms with Crippen LogP contribution < -0.4 is 0 Å². The van der Waals surface area contributed by atoms with Crippen LogP contribution in [-0.4, -0.2) is 30.3 Å². The first-order valence-corrected chi connectivity index (χ1v) is 2.81. The Morgan fingerprint density at radius 1 is 1.45 bits per heavy atom. The lowest BCUT2D eigenvalue weighted by Crippen LogP contribution is -2.18. The molecule has 0 amide bonds. The van der Waals surface area contributed by atoms with Gasteiger partial charge < -0.3 is 14.6 Å². The number of hydrogen-bond acceptors (Lipinski definition) is 4. The third-order valence-electron chi connectivity index (χ3n) is 0.727. The largest absolute Gasteiger partial charge is 0.498 e. The van der Waals surface area contributed by atoms with Gasteiger partial charge in [0.25, 0.3) is 0 Å². The van der Waals surface area contributed by atoms with Crippen LogP contribution in [0, 0.1) is 0 Å². The van der Waals surface area contributed by atoms with Gasteiger partial charge in [-0.1, -0.05) is 6.58 Å². The molecule has 0 aromatic rings. The molecule has 0 aromatic heterocycles. The van der Waals surface area contributed by atoms with Gasteiger partial charge in [0.2, 0.25) is 0 Å². The summed E-state index contributed by atoms with van der Waals surface area (Å²) in [6.45, 7) is 3.26. The van der Waals surface area contributed by atoms with Gasteiger partial charge in [-0.05, 0) is 0 Å². The van der Waals surface area contributed by atoms with E-state index in [1.165, 1.54) is 6.26 Å². The van der Waals surface area contributed by atoms with Crippen molar-refractivity contribution in [2.45, 2.75) is 0 Å². The maximum atomic E-state index is 10.2. The van der Waals surface area contributed by atoms with Gasteiger partial charge >= 0.3 is 11.9 Å². The van der Waals surface area contributed by atoms with Gasteiger partial charge in [-0.2, -0.15) is 0 Å². The van der Waals surface area contributed by atoms with Crippen molar-refractivity contribution in [3.05, 3.63) is 12.8 Å². The molecule has 0 unspecified atom stereocenters. The zero-order valence-corrected chi connectivity index (χ0v) is 5.78. The minimum absolute atomic E-state index is 0.0862. The van der Waals surface area contributed by atoms with Crippen molar-refractivity contribution in [1.29, 1.82) is 0 Å². The standard InChI is InChI=1S/C6H8O5/c1-2-10-3-4-11-6(9)5(7)8/h2H,1,3-4H2,(H,7,8). The molecule has 0 fully saturated rings. The van der Waals surface area contributed by atoms with E-state index in [0.717, 1.165) is 0 Å². The second-order valence-corrected chi connectivity index (χ2v) is 1.48. The highest BCUT2D eigenvalue weighted by atomic mass is 16.6. The van der Waals surface area contributed by atoms with Gasteiger partial charge in [-0.15, -0.1) is 0 Å². The Kier molecular flexibility index (Phi) is 4.55. The van der Waals surface area contributed by atoms with Gasteiger partial charge in [0, 0.05) is 0 Å². The van der Waals surface area contributed by atoms with E-state index in [1.807, 2.05) is 0 Å². The fraction of sp³-hybridized carbons (Fsp3) is 0.333. The van der Waals surface area contributed by atoms with Crippen molar-refractivity contribution in [1.82, 2.24) is 0 Å². The zero-order valence-electron chi connectivity index (χ0n) is 5.78. The molecule has 0 bridgehead atoms. The molecule has 0 aliphatic rings. The molecule has 1 N–H and O–H groups in total. The zero-order chi connectivity index (χ0) is 8.69. The van der Waals surface area contributed by atoms with E-state index in [0.29, 0.717) is 0 Å². The summed E-state index contributed by atoms with van der Waals surface area (Å²) in [5.41, 5.74) is 0. The number of carboxylic acids is 1. The lowest BCUT2D eigenvalue weighted by atomic mass is 10.7. The molecule has 0 saturated carbocycles. The summed E-state index contributed by atoms with van der Waals surface area (Å²) in [6.07, 6.45) is 1.18. The number of esters is 1. The van der Waals surface area contributed by atoms with E-state index in [4.69, 9.17) is 5.11 Å². The molecule has 0 atom stereocenters. The Bertz CT molecular complexity index is 162. The second kappa shape index (κ2) is 5.28. The summed E-state index contributed by atoms with van der Waals surface area (Å²) < 4.78 is 8.75. The van der Waals surface area contributed by atoms with Crippen LogP contribution in [0.15, 0.2) is 12.8 Å². The van der Waals surface area contributed by atoms with Gasteiger partial charge in [0.15, 0.2) is 0 Å². The van der Waals surface area contributed by atoms with E-state index in [-0.39, 0.29) is 13.2 Å². The van der Waals surface area contributed by atoms with E-state index in [2.05, 4.69) is 16.1 Å². The van der Waals surface area contributed by atoms with Gasteiger partial charge in [0.1, 0.15) is 13.2 Å². The SMILES string of the molecule is C=COCCOC(=O)C(=O)O. The summed E-state index contributed by atoms with van der Waals surface area (Å²) in [5.74, 6) is -2.89. The quantitative estimate of drug-likeness (QED) is 0.266.